The van der Waals surface area contributed by atoms with E-state index < -0.39 is 0 Å². The molecule has 2 heterocycles. The molecule has 2 aromatic rings. The van der Waals surface area contributed by atoms with Crippen LogP contribution in [0.2, 0.25) is 5.15 Å². The van der Waals surface area contributed by atoms with Crippen molar-refractivity contribution in [2.75, 3.05) is 0 Å². The fraction of sp³-hybridized carbons (Fsp3) is 0.364. The summed E-state index contributed by atoms with van der Waals surface area (Å²) in [5.41, 5.74) is 8.77. The fourth-order valence-corrected chi connectivity index (χ4v) is 2.05. The number of nitrogens with zero attached hydrogens (tertiary/aromatic N) is 3. The fourth-order valence-electron chi connectivity index (χ4n) is 1.81. The maximum Gasteiger partial charge on any atom is 0.131 e. The van der Waals surface area contributed by atoms with Crippen molar-refractivity contribution in [1.29, 1.82) is 0 Å². The molecule has 16 heavy (non-hydrogen) atoms. The standard InChI is InChI=1S/C11H15ClN4/c1-8-10(11(12)15(2)14-8)7-16-5-3-4-9(16)6-13/h3-5H,6-7,13H2,1-2H3. The van der Waals surface area contributed by atoms with Gasteiger partial charge in [0.1, 0.15) is 5.15 Å². The predicted octanol–water partition coefficient (Wildman–Crippen LogP) is 1.69. The van der Waals surface area contributed by atoms with Crippen molar-refractivity contribution in [3.8, 4) is 0 Å². The summed E-state index contributed by atoms with van der Waals surface area (Å²) < 4.78 is 3.79. The van der Waals surface area contributed by atoms with Gasteiger partial charge in [-0.2, -0.15) is 5.10 Å². The minimum absolute atomic E-state index is 0.532. The van der Waals surface area contributed by atoms with E-state index in [1.54, 1.807) is 4.68 Å². The Bertz CT molecular complexity index is 498. The first-order valence-electron chi connectivity index (χ1n) is 5.15. The molecule has 0 aliphatic heterocycles. The summed E-state index contributed by atoms with van der Waals surface area (Å²) in [6.45, 7) is 3.22. The van der Waals surface area contributed by atoms with Gasteiger partial charge in [0.05, 0.1) is 12.2 Å². The summed E-state index contributed by atoms with van der Waals surface area (Å²) in [4.78, 5) is 0. The number of hydrogen-bond donors (Lipinski definition) is 1. The van der Waals surface area contributed by atoms with Gasteiger partial charge in [0.25, 0.3) is 0 Å². The molecular weight excluding hydrogens is 224 g/mol. The lowest BCUT2D eigenvalue weighted by Crippen LogP contribution is -2.08. The summed E-state index contributed by atoms with van der Waals surface area (Å²) in [5.74, 6) is 0. The molecule has 0 aromatic carbocycles. The molecule has 0 aliphatic carbocycles. The number of rotatable bonds is 3. The topological polar surface area (TPSA) is 48.8 Å². The number of halogens is 1. The van der Waals surface area contributed by atoms with E-state index in [0.717, 1.165) is 23.5 Å². The molecule has 2 rings (SSSR count). The Morgan fingerprint density at radius 2 is 2.25 bits per heavy atom. The van der Waals surface area contributed by atoms with E-state index >= 15 is 0 Å². The van der Waals surface area contributed by atoms with Crippen LogP contribution in [0.25, 0.3) is 0 Å². The molecule has 0 saturated heterocycles. The molecule has 0 saturated carbocycles. The van der Waals surface area contributed by atoms with Crippen molar-refractivity contribution in [1.82, 2.24) is 14.3 Å². The summed E-state index contributed by atoms with van der Waals surface area (Å²) in [6, 6.07) is 4.00. The third-order valence-electron chi connectivity index (χ3n) is 2.73. The minimum Gasteiger partial charge on any atom is -0.346 e. The smallest absolute Gasteiger partial charge is 0.131 e. The average molecular weight is 239 g/mol. The Morgan fingerprint density at radius 1 is 1.50 bits per heavy atom. The molecule has 0 atom stereocenters. The van der Waals surface area contributed by atoms with Crippen LogP contribution in [0, 0.1) is 6.92 Å². The van der Waals surface area contributed by atoms with Gasteiger partial charge in [-0.3, -0.25) is 4.68 Å². The quantitative estimate of drug-likeness (QED) is 0.885. The first kappa shape index (κ1) is 11.2. The van der Waals surface area contributed by atoms with E-state index in [0.29, 0.717) is 11.7 Å². The molecule has 5 heteroatoms. The zero-order valence-electron chi connectivity index (χ0n) is 9.44. The average Bonchev–Trinajstić information content (AvgIpc) is 2.79. The maximum atomic E-state index is 6.18. The van der Waals surface area contributed by atoms with Crippen LogP contribution in [-0.4, -0.2) is 14.3 Å². The first-order chi connectivity index (χ1) is 7.63. The van der Waals surface area contributed by atoms with Crippen LogP contribution < -0.4 is 5.73 Å². The van der Waals surface area contributed by atoms with Crippen LogP contribution in [0.15, 0.2) is 18.3 Å². The van der Waals surface area contributed by atoms with Gasteiger partial charge in [-0.1, -0.05) is 11.6 Å². The summed E-state index contributed by atoms with van der Waals surface area (Å²) in [5, 5.41) is 4.98. The zero-order chi connectivity index (χ0) is 11.7. The van der Waals surface area contributed by atoms with Crippen LogP contribution in [0.3, 0.4) is 0 Å². The van der Waals surface area contributed by atoms with Crippen molar-refractivity contribution in [3.05, 3.63) is 40.4 Å². The molecular formula is C11H15ClN4. The largest absolute Gasteiger partial charge is 0.346 e. The molecule has 0 aliphatic rings. The third-order valence-corrected chi connectivity index (χ3v) is 3.20. The number of aryl methyl sites for hydroxylation is 2. The lowest BCUT2D eigenvalue weighted by atomic mass is 10.2. The monoisotopic (exact) mass is 238 g/mol. The molecule has 86 valence electrons. The van der Waals surface area contributed by atoms with Crippen molar-refractivity contribution < 1.29 is 0 Å². The van der Waals surface area contributed by atoms with Gasteiger partial charge in [-0.05, 0) is 19.1 Å². The lowest BCUT2D eigenvalue weighted by molar-refractivity contribution is 0.739. The van der Waals surface area contributed by atoms with Gasteiger partial charge in [0, 0.05) is 31.0 Å². The number of aromatic nitrogens is 3. The normalized spacial score (nSPS) is 11.0. The summed E-state index contributed by atoms with van der Waals surface area (Å²) >= 11 is 6.18. The minimum atomic E-state index is 0.532. The van der Waals surface area contributed by atoms with E-state index in [9.17, 15) is 0 Å². The number of nitrogens with two attached hydrogens (primary N) is 1. The van der Waals surface area contributed by atoms with E-state index in [1.807, 2.05) is 32.3 Å². The Balaban J connectivity index is 2.34. The van der Waals surface area contributed by atoms with Crippen molar-refractivity contribution >= 4 is 11.6 Å². The Labute approximate surface area is 99.6 Å². The Morgan fingerprint density at radius 3 is 2.81 bits per heavy atom. The highest BCUT2D eigenvalue weighted by Gasteiger charge is 2.12. The highest BCUT2D eigenvalue weighted by atomic mass is 35.5. The highest BCUT2D eigenvalue weighted by molar-refractivity contribution is 6.30. The van der Waals surface area contributed by atoms with Crippen LogP contribution >= 0.6 is 11.6 Å². The SMILES string of the molecule is Cc1nn(C)c(Cl)c1Cn1cccc1CN. The van der Waals surface area contributed by atoms with Gasteiger partial charge in [-0.15, -0.1) is 0 Å². The number of hydrogen-bond acceptors (Lipinski definition) is 2. The van der Waals surface area contributed by atoms with Crippen molar-refractivity contribution in [2.45, 2.75) is 20.0 Å². The molecule has 0 bridgehead atoms. The summed E-state index contributed by atoms with van der Waals surface area (Å²) in [7, 11) is 1.85. The maximum absolute atomic E-state index is 6.18. The summed E-state index contributed by atoms with van der Waals surface area (Å²) in [6.07, 6.45) is 2.00. The molecule has 0 fully saturated rings. The van der Waals surface area contributed by atoms with E-state index in [2.05, 4.69) is 9.67 Å². The molecule has 0 radical (unpaired) electrons. The van der Waals surface area contributed by atoms with E-state index in [1.165, 1.54) is 0 Å². The van der Waals surface area contributed by atoms with Gasteiger partial charge in [-0.25, -0.2) is 0 Å². The highest BCUT2D eigenvalue weighted by Crippen LogP contribution is 2.20. The first-order valence-corrected chi connectivity index (χ1v) is 5.53. The van der Waals surface area contributed by atoms with Gasteiger partial charge >= 0.3 is 0 Å². The molecule has 2 N–H and O–H groups in total. The second kappa shape index (κ2) is 4.31. The molecule has 0 amide bonds. The van der Waals surface area contributed by atoms with E-state index in [4.69, 9.17) is 17.3 Å². The van der Waals surface area contributed by atoms with Gasteiger partial charge < -0.3 is 10.3 Å². The van der Waals surface area contributed by atoms with Crippen LogP contribution in [-0.2, 0) is 20.1 Å². The third kappa shape index (κ3) is 1.86. The van der Waals surface area contributed by atoms with Crippen LogP contribution in [0.4, 0.5) is 0 Å². The lowest BCUT2D eigenvalue weighted by Gasteiger charge is -2.07. The molecule has 2 aromatic heterocycles. The van der Waals surface area contributed by atoms with Gasteiger partial charge in [0.2, 0.25) is 0 Å². The zero-order valence-corrected chi connectivity index (χ0v) is 10.2. The van der Waals surface area contributed by atoms with Crippen LogP contribution in [0.1, 0.15) is 17.0 Å². The predicted molar refractivity (Wildman–Crippen MR) is 64.4 cm³/mol. The molecule has 0 spiro atoms. The Hall–Kier alpha value is -1.26. The second-order valence-electron chi connectivity index (χ2n) is 3.81. The second-order valence-corrected chi connectivity index (χ2v) is 4.17. The van der Waals surface area contributed by atoms with Crippen LogP contribution in [0.5, 0.6) is 0 Å². The molecule has 0 unspecified atom stereocenters. The van der Waals surface area contributed by atoms with Crippen molar-refractivity contribution in [2.24, 2.45) is 12.8 Å². The van der Waals surface area contributed by atoms with E-state index in [-0.39, 0.29) is 0 Å². The van der Waals surface area contributed by atoms with Crippen molar-refractivity contribution in [3.63, 3.8) is 0 Å². The Kier molecular flexibility index (Phi) is 3.03. The molecule has 4 nitrogen and oxygen atoms in total. The van der Waals surface area contributed by atoms with Gasteiger partial charge in [0.15, 0.2) is 0 Å².